The van der Waals surface area contributed by atoms with Crippen LogP contribution in [0.2, 0.25) is 0 Å². The molecule has 9 heteroatoms. The topological polar surface area (TPSA) is 62.3 Å². The summed E-state index contributed by atoms with van der Waals surface area (Å²) in [7, 11) is -1.37. The molecule has 1 aromatic rings. The molecule has 0 aliphatic heterocycles. The van der Waals surface area contributed by atoms with Crippen molar-refractivity contribution in [3.8, 4) is 0 Å². The summed E-state index contributed by atoms with van der Waals surface area (Å²) in [6, 6.07) is 1.44. The second-order valence-corrected chi connectivity index (χ2v) is 5.83. The summed E-state index contributed by atoms with van der Waals surface area (Å²) in [6.45, 7) is -0.635. The molecule has 0 bridgehead atoms. The molecule has 1 heterocycles. The summed E-state index contributed by atoms with van der Waals surface area (Å²) in [5, 5.41) is 2.66. The number of alkyl halides is 3. The van der Waals surface area contributed by atoms with E-state index >= 15 is 0 Å². The molecular weight excluding hydrogens is 283 g/mol. The number of pyridine rings is 1. The van der Waals surface area contributed by atoms with Gasteiger partial charge in [-0.2, -0.15) is 13.2 Å². The van der Waals surface area contributed by atoms with E-state index in [9.17, 15) is 21.6 Å². The van der Waals surface area contributed by atoms with Crippen molar-refractivity contribution in [2.24, 2.45) is 0 Å². The van der Waals surface area contributed by atoms with Crippen molar-refractivity contribution in [2.45, 2.75) is 17.5 Å². The maximum Gasteiger partial charge on any atom is 0.390 e. The van der Waals surface area contributed by atoms with E-state index in [2.05, 4.69) is 10.3 Å². The lowest BCUT2D eigenvalue weighted by Gasteiger charge is -2.19. The number of rotatable bonds is 5. The average molecular weight is 297 g/mol. The molecule has 0 aromatic carbocycles. The first-order valence-corrected chi connectivity index (χ1v) is 6.77. The number of anilines is 1. The fourth-order valence-corrected chi connectivity index (χ4v) is 2.67. The third kappa shape index (κ3) is 4.06. The Kier molecular flexibility index (Phi) is 4.75. The Labute approximate surface area is 109 Å². The zero-order chi connectivity index (χ0) is 14.7. The van der Waals surface area contributed by atoms with E-state index in [4.69, 9.17) is 0 Å². The van der Waals surface area contributed by atoms with Gasteiger partial charge in [-0.25, -0.2) is 12.7 Å². The van der Waals surface area contributed by atoms with Crippen molar-refractivity contribution in [1.29, 1.82) is 0 Å². The largest absolute Gasteiger partial charge is 0.390 e. The maximum atomic E-state index is 12.1. The van der Waals surface area contributed by atoms with Gasteiger partial charge in [0.15, 0.2) is 0 Å². The normalized spacial score (nSPS) is 12.7. The summed E-state index contributed by atoms with van der Waals surface area (Å²) in [5.74, 6) is 0. The number of hydrogen-bond acceptors (Lipinski definition) is 4. The van der Waals surface area contributed by atoms with Crippen LogP contribution in [0.4, 0.5) is 18.9 Å². The fourth-order valence-electron chi connectivity index (χ4n) is 1.36. The summed E-state index contributed by atoms with van der Waals surface area (Å²) >= 11 is 0. The van der Waals surface area contributed by atoms with Gasteiger partial charge >= 0.3 is 6.18 Å². The van der Waals surface area contributed by atoms with E-state index in [1.165, 1.54) is 19.3 Å². The van der Waals surface area contributed by atoms with Crippen molar-refractivity contribution >= 4 is 15.7 Å². The lowest BCUT2D eigenvalue weighted by Crippen LogP contribution is -2.31. The van der Waals surface area contributed by atoms with Crippen molar-refractivity contribution in [2.75, 3.05) is 26.0 Å². The molecule has 0 radical (unpaired) electrons. The van der Waals surface area contributed by atoms with E-state index in [-0.39, 0.29) is 10.6 Å². The standard InChI is InChI=1S/C10H14F3N3O2S/c1-14-8-3-5-15-7-9(8)19(17,18)16(2)6-4-10(11,12)13/h3,5,7H,4,6H2,1-2H3,(H,14,15). The van der Waals surface area contributed by atoms with Crippen LogP contribution in [-0.2, 0) is 10.0 Å². The molecule has 108 valence electrons. The number of hydrogen-bond donors (Lipinski definition) is 1. The van der Waals surface area contributed by atoms with E-state index in [0.29, 0.717) is 4.31 Å². The van der Waals surface area contributed by atoms with Gasteiger partial charge in [-0.3, -0.25) is 4.98 Å². The van der Waals surface area contributed by atoms with E-state index in [1.807, 2.05) is 0 Å². The van der Waals surface area contributed by atoms with E-state index < -0.39 is 29.2 Å². The minimum Gasteiger partial charge on any atom is -0.387 e. The monoisotopic (exact) mass is 297 g/mol. The molecular formula is C10H14F3N3O2S. The van der Waals surface area contributed by atoms with Crippen LogP contribution >= 0.6 is 0 Å². The minimum absolute atomic E-state index is 0.151. The van der Waals surface area contributed by atoms with Crippen LogP contribution in [0, 0.1) is 0 Å². The third-order valence-electron chi connectivity index (χ3n) is 2.45. The number of nitrogens with zero attached hydrogens (tertiary/aromatic N) is 2. The van der Waals surface area contributed by atoms with Crippen LogP contribution in [0.15, 0.2) is 23.4 Å². The highest BCUT2D eigenvalue weighted by molar-refractivity contribution is 7.89. The smallest absolute Gasteiger partial charge is 0.387 e. The second kappa shape index (κ2) is 5.74. The summed E-state index contributed by atoms with van der Waals surface area (Å²) in [5.41, 5.74) is 0.286. The molecule has 19 heavy (non-hydrogen) atoms. The van der Waals surface area contributed by atoms with Gasteiger partial charge in [0.1, 0.15) is 4.90 Å². The predicted molar refractivity (Wildman–Crippen MR) is 64.3 cm³/mol. The van der Waals surface area contributed by atoms with E-state index in [0.717, 1.165) is 13.2 Å². The molecule has 0 unspecified atom stereocenters. The Morgan fingerprint density at radius 2 is 2.05 bits per heavy atom. The lowest BCUT2D eigenvalue weighted by molar-refractivity contribution is -0.135. The first-order valence-electron chi connectivity index (χ1n) is 5.33. The van der Waals surface area contributed by atoms with Gasteiger partial charge < -0.3 is 5.32 Å². The highest BCUT2D eigenvalue weighted by atomic mass is 32.2. The van der Waals surface area contributed by atoms with Crippen LogP contribution in [0.5, 0.6) is 0 Å². The third-order valence-corrected chi connectivity index (χ3v) is 4.34. The Morgan fingerprint density at radius 3 is 2.58 bits per heavy atom. The summed E-state index contributed by atoms with van der Waals surface area (Å²) < 4.78 is 61.2. The molecule has 0 aliphatic rings. The molecule has 0 atom stereocenters. The van der Waals surface area contributed by atoms with Crippen LogP contribution in [0.1, 0.15) is 6.42 Å². The zero-order valence-electron chi connectivity index (χ0n) is 10.4. The van der Waals surface area contributed by atoms with Gasteiger partial charge in [0.25, 0.3) is 0 Å². The van der Waals surface area contributed by atoms with Gasteiger partial charge in [0.2, 0.25) is 10.0 Å². The van der Waals surface area contributed by atoms with Crippen LogP contribution in [0.25, 0.3) is 0 Å². The predicted octanol–water partition coefficient (Wildman–Crippen LogP) is 1.70. The fraction of sp³-hybridized carbons (Fsp3) is 0.500. The van der Waals surface area contributed by atoms with E-state index in [1.54, 1.807) is 0 Å². The van der Waals surface area contributed by atoms with Gasteiger partial charge in [0, 0.05) is 33.0 Å². The zero-order valence-corrected chi connectivity index (χ0v) is 11.2. The van der Waals surface area contributed by atoms with Gasteiger partial charge in [-0.1, -0.05) is 0 Å². The number of sulfonamides is 1. The Bertz CT molecular complexity index is 531. The first-order chi connectivity index (χ1) is 8.68. The minimum atomic E-state index is -4.40. The van der Waals surface area contributed by atoms with Crippen LogP contribution in [0.3, 0.4) is 0 Å². The van der Waals surface area contributed by atoms with Crippen molar-refractivity contribution in [3.63, 3.8) is 0 Å². The molecule has 0 aliphatic carbocycles. The molecule has 0 spiro atoms. The molecule has 1 N–H and O–H groups in total. The average Bonchev–Trinajstić information content (AvgIpc) is 2.34. The molecule has 0 amide bonds. The lowest BCUT2D eigenvalue weighted by atomic mass is 10.4. The van der Waals surface area contributed by atoms with Crippen LogP contribution in [-0.4, -0.2) is 44.5 Å². The van der Waals surface area contributed by atoms with Gasteiger partial charge in [0.05, 0.1) is 12.1 Å². The maximum absolute atomic E-state index is 12.1. The molecule has 0 saturated heterocycles. The molecule has 5 nitrogen and oxygen atoms in total. The van der Waals surface area contributed by atoms with Crippen molar-refractivity contribution in [3.05, 3.63) is 18.5 Å². The number of halogens is 3. The SMILES string of the molecule is CNc1ccncc1S(=O)(=O)N(C)CCC(F)(F)F. The highest BCUT2D eigenvalue weighted by Gasteiger charge is 2.31. The highest BCUT2D eigenvalue weighted by Crippen LogP contribution is 2.25. The van der Waals surface area contributed by atoms with Crippen molar-refractivity contribution in [1.82, 2.24) is 9.29 Å². The molecule has 1 aromatic heterocycles. The number of aromatic nitrogens is 1. The van der Waals surface area contributed by atoms with Gasteiger partial charge in [-0.15, -0.1) is 0 Å². The van der Waals surface area contributed by atoms with Gasteiger partial charge in [-0.05, 0) is 6.07 Å². The van der Waals surface area contributed by atoms with Crippen LogP contribution < -0.4 is 5.32 Å². The summed E-state index contributed by atoms with van der Waals surface area (Å²) in [4.78, 5) is 3.53. The summed E-state index contributed by atoms with van der Waals surface area (Å²) in [6.07, 6.45) is -3.10. The Morgan fingerprint density at radius 1 is 1.42 bits per heavy atom. The molecule has 0 saturated carbocycles. The quantitative estimate of drug-likeness (QED) is 0.898. The Hall–Kier alpha value is -1.35. The second-order valence-electron chi connectivity index (χ2n) is 3.81. The first kappa shape index (κ1) is 15.7. The molecule has 1 rings (SSSR count). The van der Waals surface area contributed by atoms with Crippen molar-refractivity contribution < 1.29 is 21.6 Å². The molecule has 0 fully saturated rings. The number of nitrogens with one attached hydrogen (secondary N) is 1. The Balaban J connectivity index is 2.97.